The van der Waals surface area contributed by atoms with Crippen LogP contribution in [-0.2, 0) is 4.79 Å². The molecule has 0 aromatic heterocycles. The van der Waals surface area contributed by atoms with E-state index < -0.39 is 0 Å². The Bertz CT molecular complexity index is 1070. The van der Waals surface area contributed by atoms with Gasteiger partial charge < -0.3 is 19.9 Å². The number of carbonyl (C=O) groups is 3. The van der Waals surface area contributed by atoms with Crippen molar-refractivity contribution >= 4 is 23.8 Å². The van der Waals surface area contributed by atoms with Crippen LogP contribution in [0.25, 0.3) is 6.08 Å². The van der Waals surface area contributed by atoms with Gasteiger partial charge in [0, 0.05) is 49.4 Å². The minimum absolute atomic E-state index is 0.0539. The summed E-state index contributed by atoms with van der Waals surface area (Å²) in [4.78, 5) is 41.0. The molecule has 0 unspecified atom stereocenters. The predicted octanol–water partition coefficient (Wildman–Crippen LogP) is 2.89. The lowest BCUT2D eigenvalue weighted by atomic mass is 10.1. The SMILES string of the molecule is COc1cc(C(=O)N2CCN(C(=O)/C=C/c3ccc(C(=O)NC4CC4)cc3)CC2)ccc1C. The number of aryl methyl sites for hydroxylation is 1. The molecule has 2 aromatic carbocycles. The molecule has 0 spiro atoms. The quantitative estimate of drug-likeness (QED) is 0.691. The predicted molar refractivity (Wildman–Crippen MR) is 126 cm³/mol. The zero-order valence-electron chi connectivity index (χ0n) is 19.0. The summed E-state index contributed by atoms with van der Waals surface area (Å²) in [7, 11) is 1.59. The van der Waals surface area contributed by atoms with Gasteiger partial charge in [0.25, 0.3) is 11.8 Å². The average molecular weight is 448 g/mol. The van der Waals surface area contributed by atoms with E-state index in [0.29, 0.717) is 49.1 Å². The third-order valence-electron chi connectivity index (χ3n) is 6.04. The highest BCUT2D eigenvalue weighted by molar-refractivity contribution is 5.96. The monoisotopic (exact) mass is 447 g/mol. The first-order valence-corrected chi connectivity index (χ1v) is 11.3. The lowest BCUT2D eigenvalue weighted by Gasteiger charge is -2.34. The number of hydrogen-bond acceptors (Lipinski definition) is 4. The maximum Gasteiger partial charge on any atom is 0.254 e. The molecule has 7 heteroatoms. The summed E-state index contributed by atoms with van der Waals surface area (Å²) in [5.41, 5.74) is 3.05. The number of carbonyl (C=O) groups excluding carboxylic acids is 3. The summed E-state index contributed by atoms with van der Waals surface area (Å²) in [5, 5.41) is 2.96. The van der Waals surface area contributed by atoms with Crippen LogP contribution in [0.3, 0.4) is 0 Å². The minimum atomic E-state index is -0.0883. The Hall–Kier alpha value is -3.61. The third-order valence-corrected chi connectivity index (χ3v) is 6.04. The van der Waals surface area contributed by atoms with Gasteiger partial charge in [-0.2, -0.15) is 0 Å². The van der Waals surface area contributed by atoms with E-state index in [1.807, 2.05) is 25.1 Å². The van der Waals surface area contributed by atoms with Crippen LogP contribution in [0.1, 0.15) is 44.7 Å². The van der Waals surface area contributed by atoms with Gasteiger partial charge in [0.2, 0.25) is 5.91 Å². The summed E-state index contributed by atoms with van der Waals surface area (Å²) in [6, 6.07) is 13.0. The van der Waals surface area contributed by atoms with E-state index in [2.05, 4.69) is 5.32 Å². The number of benzene rings is 2. The maximum atomic E-state index is 12.8. The Labute approximate surface area is 194 Å². The molecule has 1 saturated carbocycles. The smallest absolute Gasteiger partial charge is 0.254 e. The fraction of sp³-hybridized carbons (Fsp3) is 0.346. The molecule has 1 saturated heterocycles. The summed E-state index contributed by atoms with van der Waals surface area (Å²) in [6.45, 7) is 3.88. The number of ether oxygens (including phenoxy) is 1. The fourth-order valence-corrected chi connectivity index (χ4v) is 3.78. The van der Waals surface area contributed by atoms with Gasteiger partial charge in [-0.25, -0.2) is 0 Å². The van der Waals surface area contributed by atoms with Crippen LogP contribution in [0, 0.1) is 6.92 Å². The number of nitrogens with zero attached hydrogens (tertiary/aromatic N) is 2. The molecule has 0 bridgehead atoms. The molecule has 0 atom stereocenters. The molecule has 1 N–H and O–H groups in total. The van der Waals surface area contributed by atoms with Crippen molar-refractivity contribution in [1.82, 2.24) is 15.1 Å². The van der Waals surface area contributed by atoms with Gasteiger partial charge in [-0.3, -0.25) is 14.4 Å². The zero-order chi connectivity index (χ0) is 23.4. The van der Waals surface area contributed by atoms with Crippen molar-refractivity contribution in [2.75, 3.05) is 33.3 Å². The van der Waals surface area contributed by atoms with E-state index >= 15 is 0 Å². The molecular formula is C26H29N3O4. The number of nitrogens with one attached hydrogen (secondary N) is 1. The van der Waals surface area contributed by atoms with Crippen molar-refractivity contribution in [1.29, 1.82) is 0 Å². The molecule has 1 aliphatic carbocycles. The second-order valence-corrected chi connectivity index (χ2v) is 8.50. The highest BCUT2D eigenvalue weighted by Crippen LogP contribution is 2.21. The summed E-state index contributed by atoms with van der Waals surface area (Å²) in [6.07, 6.45) is 5.40. The molecular weight excluding hydrogens is 418 g/mol. The average Bonchev–Trinajstić information content (AvgIpc) is 3.67. The van der Waals surface area contributed by atoms with Gasteiger partial charge >= 0.3 is 0 Å². The van der Waals surface area contributed by atoms with Crippen molar-refractivity contribution in [2.24, 2.45) is 0 Å². The van der Waals surface area contributed by atoms with Crippen LogP contribution in [0.5, 0.6) is 5.75 Å². The number of methoxy groups -OCH3 is 1. The molecule has 172 valence electrons. The van der Waals surface area contributed by atoms with Crippen LogP contribution < -0.4 is 10.1 Å². The lowest BCUT2D eigenvalue weighted by Crippen LogP contribution is -2.50. The van der Waals surface area contributed by atoms with Gasteiger partial charge in [0.1, 0.15) is 5.75 Å². The molecule has 1 aliphatic heterocycles. The summed E-state index contributed by atoms with van der Waals surface area (Å²) >= 11 is 0. The van der Waals surface area contributed by atoms with Crippen LogP contribution >= 0.6 is 0 Å². The summed E-state index contributed by atoms with van der Waals surface area (Å²) < 4.78 is 5.32. The van der Waals surface area contributed by atoms with Crippen LogP contribution in [-0.4, -0.2) is 66.9 Å². The van der Waals surface area contributed by atoms with Crippen molar-refractivity contribution < 1.29 is 19.1 Å². The topological polar surface area (TPSA) is 79.0 Å². The van der Waals surface area contributed by atoms with Gasteiger partial charge in [-0.05, 0) is 61.2 Å². The van der Waals surface area contributed by atoms with E-state index in [-0.39, 0.29) is 17.7 Å². The standard InChI is InChI=1S/C26H29N3O4/c1-18-3-7-21(17-23(18)33-2)26(32)29-15-13-28(14-16-29)24(30)12-6-19-4-8-20(9-5-19)25(31)27-22-10-11-22/h3-9,12,17,22H,10-11,13-16H2,1-2H3,(H,27,31)/b12-6+. The number of amides is 3. The van der Waals surface area contributed by atoms with E-state index in [1.165, 1.54) is 0 Å². The third kappa shape index (κ3) is 5.61. The van der Waals surface area contributed by atoms with Crippen LogP contribution in [0.2, 0.25) is 0 Å². The second kappa shape index (κ2) is 9.90. The zero-order valence-corrected chi connectivity index (χ0v) is 19.0. The Kier molecular flexibility index (Phi) is 6.77. The number of rotatable bonds is 6. The minimum Gasteiger partial charge on any atom is -0.496 e. The first-order chi connectivity index (χ1) is 15.9. The fourth-order valence-electron chi connectivity index (χ4n) is 3.78. The molecule has 4 rings (SSSR count). The van der Waals surface area contributed by atoms with Gasteiger partial charge in [-0.1, -0.05) is 18.2 Å². The largest absolute Gasteiger partial charge is 0.496 e. The van der Waals surface area contributed by atoms with Gasteiger partial charge in [-0.15, -0.1) is 0 Å². The van der Waals surface area contributed by atoms with Gasteiger partial charge in [0.15, 0.2) is 0 Å². The molecule has 0 radical (unpaired) electrons. The number of hydrogen-bond donors (Lipinski definition) is 1. The highest BCUT2D eigenvalue weighted by Gasteiger charge is 2.25. The Balaban J connectivity index is 1.28. The first-order valence-electron chi connectivity index (χ1n) is 11.3. The summed E-state index contributed by atoms with van der Waals surface area (Å²) in [5.74, 6) is 0.494. The van der Waals surface area contributed by atoms with Crippen LogP contribution in [0.4, 0.5) is 0 Å². The lowest BCUT2D eigenvalue weighted by molar-refractivity contribution is -0.127. The van der Waals surface area contributed by atoms with Crippen molar-refractivity contribution in [3.05, 3.63) is 70.8 Å². The molecule has 2 aromatic rings. The molecule has 2 fully saturated rings. The van der Waals surface area contributed by atoms with E-state index in [4.69, 9.17) is 4.74 Å². The Morgan fingerprint density at radius 3 is 2.21 bits per heavy atom. The van der Waals surface area contributed by atoms with Crippen LogP contribution in [0.15, 0.2) is 48.5 Å². The maximum absolute atomic E-state index is 12.8. The molecule has 33 heavy (non-hydrogen) atoms. The normalized spacial score (nSPS) is 16.1. The van der Waals surface area contributed by atoms with E-state index in [0.717, 1.165) is 24.0 Å². The molecule has 7 nitrogen and oxygen atoms in total. The Morgan fingerprint density at radius 2 is 1.58 bits per heavy atom. The number of piperazine rings is 1. The molecule has 1 heterocycles. The van der Waals surface area contributed by atoms with E-state index in [9.17, 15) is 14.4 Å². The van der Waals surface area contributed by atoms with Crippen molar-refractivity contribution in [3.63, 3.8) is 0 Å². The molecule has 2 aliphatic rings. The van der Waals surface area contributed by atoms with Crippen molar-refractivity contribution in [3.8, 4) is 5.75 Å². The van der Waals surface area contributed by atoms with Crippen molar-refractivity contribution in [2.45, 2.75) is 25.8 Å². The molecule has 3 amide bonds. The van der Waals surface area contributed by atoms with E-state index in [1.54, 1.807) is 53.3 Å². The second-order valence-electron chi connectivity index (χ2n) is 8.50. The van der Waals surface area contributed by atoms with Gasteiger partial charge in [0.05, 0.1) is 7.11 Å². The highest BCUT2D eigenvalue weighted by atomic mass is 16.5. The first kappa shape index (κ1) is 22.6. The Morgan fingerprint density at radius 1 is 0.939 bits per heavy atom.